The van der Waals surface area contributed by atoms with Gasteiger partial charge in [-0.1, -0.05) is 13.8 Å². The molecule has 0 aliphatic heterocycles. The first-order valence-electron chi connectivity index (χ1n) is 5.39. The Bertz CT molecular complexity index is 359. The van der Waals surface area contributed by atoms with Crippen molar-refractivity contribution in [3.8, 4) is 0 Å². The second-order valence-electron chi connectivity index (χ2n) is 3.91. The number of aromatic nitrogens is 2. The fraction of sp³-hybridized carbons (Fsp3) is 0.636. The van der Waals surface area contributed by atoms with Crippen LogP contribution in [0.2, 0.25) is 0 Å². The maximum atomic E-state index is 11.5. The van der Waals surface area contributed by atoms with Crippen molar-refractivity contribution in [3.63, 3.8) is 0 Å². The molecule has 0 saturated heterocycles. The van der Waals surface area contributed by atoms with Gasteiger partial charge in [-0.25, -0.2) is 4.68 Å². The molecule has 1 aromatic heterocycles. The van der Waals surface area contributed by atoms with E-state index in [1.165, 1.54) is 4.68 Å². The highest BCUT2D eigenvalue weighted by Crippen LogP contribution is 1.96. The van der Waals surface area contributed by atoms with E-state index in [0.717, 1.165) is 18.8 Å². The summed E-state index contributed by atoms with van der Waals surface area (Å²) in [6, 6.07) is 3.32. The van der Waals surface area contributed by atoms with Gasteiger partial charge in [-0.3, -0.25) is 4.79 Å². The minimum Gasteiger partial charge on any atom is -0.317 e. The van der Waals surface area contributed by atoms with Gasteiger partial charge >= 0.3 is 0 Å². The number of hydrogen-bond donors (Lipinski definition) is 1. The summed E-state index contributed by atoms with van der Waals surface area (Å²) in [5.41, 5.74) is 0.856. The molecule has 0 aliphatic rings. The number of nitrogens with zero attached hydrogens (tertiary/aromatic N) is 2. The first-order chi connectivity index (χ1) is 7.13. The summed E-state index contributed by atoms with van der Waals surface area (Å²) >= 11 is 0. The maximum Gasteiger partial charge on any atom is 0.266 e. The number of rotatable bonds is 5. The molecule has 1 rings (SSSR count). The molecule has 0 radical (unpaired) electrons. The quantitative estimate of drug-likeness (QED) is 0.780. The molecule has 0 aliphatic carbocycles. The van der Waals surface area contributed by atoms with Crippen LogP contribution in [0.3, 0.4) is 0 Å². The average molecular weight is 209 g/mol. The smallest absolute Gasteiger partial charge is 0.266 e. The van der Waals surface area contributed by atoms with Crippen LogP contribution in [0, 0.1) is 12.8 Å². The zero-order valence-corrected chi connectivity index (χ0v) is 9.66. The molecule has 0 spiro atoms. The number of nitrogens with one attached hydrogen (secondary N) is 1. The Morgan fingerprint density at radius 3 is 2.93 bits per heavy atom. The second kappa shape index (κ2) is 5.66. The lowest BCUT2D eigenvalue weighted by molar-refractivity contribution is 0.412. The van der Waals surface area contributed by atoms with Gasteiger partial charge in [-0.05, 0) is 32.0 Å². The lowest BCUT2D eigenvalue weighted by atomic mass is 10.2. The molecule has 84 valence electrons. The van der Waals surface area contributed by atoms with Gasteiger partial charge in [0, 0.05) is 12.6 Å². The van der Waals surface area contributed by atoms with Gasteiger partial charge < -0.3 is 5.32 Å². The molecule has 0 aromatic carbocycles. The summed E-state index contributed by atoms with van der Waals surface area (Å²) in [7, 11) is 0. The van der Waals surface area contributed by atoms with Crippen LogP contribution in [0.5, 0.6) is 0 Å². The Morgan fingerprint density at radius 1 is 1.53 bits per heavy atom. The van der Waals surface area contributed by atoms with Crippen LogP contribution in [-0.2, 0) is 6.54 Å². The van der Waals surface area contributed by atoms with Crippen molar-refractivity contribution < 1.29 is 0 Å². The summed E-state index contributed by atoms with van der Waals surface area (Å²) in [5.74, 6) is 0.414. The van der Waals surface area contributed by atoms with Gasteiger partial charge in [0.25, 0.3) is 5.56 Å². The standard InChI is InChI=1S/C11H19N3O/c1-4-12-7-9(2)8-14-11(15)6-5-10(3)13-14/h5-6,9,12H,4,7-8H2,1-3H3. The van der Waals surface area contributed by atoms with Crippen molar-refractivity contribution in [1.82, 2.24) is 15.1 Å². The Hall–Kier alpha value is -1.16. The van der Waals surface area contributed by atoms with Crippen LogP contribution in [-0.4, -0.2) is 22.9 Å². The first kappa shape index (κ1) is 11.9. The molecule has 1 N–H and O–H groups in total. The molecule has 1 unspecified atom stereocenters. The minimum atomic E-state index is -0.0241. The van der Waals surface area contributed by atoms with Crippen LogP contribution in [0.1, 0.15) is 19.5 Å². The van der Waals surface area contributed by atoms with Gasteiger partial charge in [0.1, 0.15) is 0 Å². The maximum absolute atomic E-state index is 11.5. The minimum absolute atomic E-state index is 0.0241. The van der Waals surface area contributed by atoms with Gasteiger partial charge in [0.2, 0.25) is 0 Å². The van der Waals surface area contributed by atoms with E-state index in [1.807, 2.05) is 6.92 Å². The predicted molar refractivity (Wildman–Crippen MR) is 60.9 cm³/mol. The van der Waals surface area contributed by atoms with E-state index < -0.39 is 0 Å². The van der Waals surface area contributed by atoms with Gasteiger partial charge in [0.15, 0.2) is 0 Å². The molecular weight excluding hydrogens is 190 g/mol. The molecule has 0 fully saturated rings. The van der Waals surface area contributed by atoms with E-state index in [9.17, 15) is 4.79 Å². The molecule has 15 heavy (non-hydrogen) atoms. The molecule has 4 heteroatoms. The van der Waals surface area contributed by atoms with Crippen molar-refractivity contribution in [2.45, 2.75) is 27.3 Å². The monoisotopic (exact) mass is 209 g/mol. The zero-order chi connectivity index (χ0) is 11.3. The van der Waals surface area contributed by atoms with Gasteiger partial charge in [-0.2, -0.15) is 5.10 Å². The second-order valence-corrected chi connectivity index (χ2v) is 3.91. The van der Waals surface area contributed by atoms with Crippen LogP contribution < -0.4 is 10.9 Å². The highest BCUT2D eigenvalue weighted by Gasteiger charge is 2.04. The predicted octanol–water partition coefficient (Wildman–Crippen LogP) is 0.797. The van der Waals surface area contributed by atoms with Crippen molar-refractivity contribution in [1.29, 1.82) is 0 Å². The number of hydrogen-bond acceptors (Lipinski definition) is 3. The SMILES string of the molecule is CCNCC(C)Cn1nc(C)ccc1=O. The lowest BCUT2D eigenvalue weighted by Gasteiger charge is -2.12. The summed E-state index contributed by atoms with van der Waals surface area (Å²) in [6.07, 6.45) is 0. The largest absolute Gasteiger partial charge is 0.317 e. The van der Waals surface area contributed by atoms with Crippen LogP contribution in [0.25, 0.3) is 0 Å². The Morgan fingerprint density at radius 2 is 2.27 bits per heavy atom. The van der Waals surface area contributed by atoms with E-state index in [2.05, 4.69) is 24.3 Å². The summed E-state index contributed by atoms with van der Waals surface area (Å²) in [6.45, 7) is 8.63. The fourth-order valence-electron chi connectivity index (χ4n) is 1.43. The van der Waals surface area contributed by atoms with E-state index in [4.69, 9.17) is 0 Å². The molecule has 1 aromatic rings. The van der Waals surface area contributed by atoms with Gasteiger partial charge in [-0.15, -0.1) is 0 Å². The molecule has 1 heterocycles. The normalized spacial score (nSPS) is 12.7. The van der Waals surface area contributed by atoms with Gasteiger partial charge in [0.05, 0.1) is 5.69 Å². The fourth-order valence-corrected chi connectivity index (χ4v) is 1.43. The first-order valence-corrected chi connectivity index (χ1v) is 5.39. The molecular formula is C11H19N3O. The zero-order valence-electron chi connectivity index (χ0n) is 9.66. The van der Waals surface area contributed by atoms with Crippen molar-refractivity contribution in [2.24, 2.45) is 5.92 Å². The van der Waals surface area contributed by atoms with Crippen molar-refractivity contribution >= 4 is 0 Å². The van der Waals surface area contributed by atoms with E-state index in [1.54, 1.807) is 12.1 Å². The molecule has 4 nitrogen and oxygen atoms in total. The summed E-state index contributed by atoms with van der Waals surface area (Å²) in [5, 5.41) is 7.46. The van der Waals surface area contributed by atoms with E-state index in [0.29, 0.717) is 12.5 Å². The summed E-state index contributed by atoms with van der Waals surface area (Å²) < 4.78 is 1.54. The molecule has 1 atom stereocenters. The average Bonchev–Trinajstić information content (AvgIpc) is 2.20. The molecule has 0 amide bonds. The van der Waals surface area contributed by atoms with E-state index in [-0.39, 0.29) is 5.56 Å². The van der Waals surface area contributed by atoms with E-state index >= 15 is 0 Å². The Balaban J connectivity index is 2.63. The van der Waals surface area contributed by atoms with Crippen molar-refractivity contribution in [2.75, 3.05) is 13.1 Å². The van der Waals surface area contributed by atoms with Crippen LogP contribution in [0.4, 0.5) is 0 Å². The Labute approximate surface area is 90.3 Å². The highest BCUT2D eigenvalue weighted by molar-refractivity contribution is 4.97. The van der Waals surface area contributed by atoms with Crippen LogP contribution in [0.15, 0.2) is 16.9 Å². The molecule has 0 bridgehead atoms. The third kappa shape index (κ3) is 3.83. The summed E-state index contributed by atoms with van der Waals surface area (Å²) in [4.78, 5) is 11.5. The number of aryl methyl sites for hydroxylation is 1. The third-order valence-electron chi connectivity index (χ3n) is 2.23. The van der Waals surface area contributed by atoms with Crippen molar-refractivity contribution in [3.05, 3.63) is 28.2 Å². The lowest BCUT2D eigenvalue weighted by Crippen LogP contribution is -2.30. The topological polar surface area (TPSA) is 46.9 Å². The highest BCUT2D eigenvalue weighted by atomic mass is 16.1. The third-order valence-corrected chi connectivity index (χ3v) is 2.23. The van der Waals surface area contributed by atoms with Crippen LogP contribution >= 0.6 is 0 Å². The Kier molecular flexibility index (Phi) is 4.49. The molecule has 0 saturated carbocycles.